The minimum Gasteiger partial charge on any atom is -0.396 e. The van der Waals surface area contributed by atoms with E-state index in [4.69, 9.17) is 0 Å². The van der Waals surface area contributed by atoms with E-state index in [-0.39, 0.29) is 16.9 Å². The van der Waals surface area contributed by atoms with Gasteiger partial charge in [-0.15, -0.1) is 0 Å². The van der Waals surface area contributed by atoms with Crippen molar-refractivity contribution in [1.29, 1.82) is 0 Å². The van der Waals surface area contributed by atoms with E-state index in [1.807, 2.05) is 6.92 Å². The summed E-state index contributed by atoms with van der Waals surface area (Å²) in [6.07, 6.45) is 9.99. The molecule has 1 fully saturated rings. The summed E-state index contributed by atoms with van der Waals surface area (Å²) in [5, 5.41) is 19.8. The second-order valence-corrected chi connectivity index (χ2v) is 8.09. The van der Waals surface area contributed by atoms with Gasteiger partial charge in [-0.25, -0.2) is 0 Å². The van der Waals surface area contributed by atoms with Crippen molar-refractivity contribution < 1.29 is 10.2 Å². The largest absolute Gasteiger partial charge is 0.396 e. The summed E-state index contributed by atoms with van der Waals surface area (Å²) in [5.74, 6) is 0.615. The van der Waals surface area contributed by atoms with Crippen LogP contribution in [0.1, 0.15) is 65.7 Å². The van der Waals surface area contributed by atoms with Gasteiger partial charge >= 0.3 is 0 Å². The molecular formula is C19H30O2. The van der Waals surface area contributed by atoms with Crippen molar-refractivity contribution in [3.8, 4) is 0 Å². The standard InChI is InChI=1S/C19H30O2/c1-13(21)14-5-7-16-15(11-14)6-8-17-18(2,12-20)9-4-10-19(16,17)3/h5,13,17,20-21H,4,6-12H2,1-3H3/t13?,17?,18-,19+/m0/s1. The lowest BCUT2D eigenvalue weighted by Gasteiger charge is -2.56. The maximum Gasteiger partial charge on any atom is 0.0725 e. The predicted molar refractivity (Wildman–Crippen MR) is 85.9 cm³/mol. The fourth-order valence-electron chi connectivity index (χ4n) is 5.51. The molecule has 0 bridgehead atoms. The zero-order chi connectivity index (χ0) is 15.3. The van der Waals surface area contributed by atoms with Crippen LogP contribution in [0.2, 0.25) is 0 Å². The van der Waals surface area contributed by atoms with E-state index in [9.17, 15) is 10.2 Å². The highest BCUT2D eigenvalue weighted by molar-refractivity contribution is 5.37. The van der Waals surface area contributed by atoms with Crippen molar-refractivity contribution in [2.24, 2.45) is 16.7 Å². The van der Waals surface area contributed by atoms with Crippen molar-refractivity contribution in [1.82, 2.24) is 0 Å². The van der Waals surface area contributed by atoms with Gasteiger partial charge in [0.2, 0.25) is 0 Å². The topological polar surface area (TPSA) is 40.5 Å². The van der Waals surface area contributed by atoms with Crippen LogP contribution >= 0.6 is 0 Å². The average molecular weight is 290 g/mol. The number of aliphatic hydroxyl groups is 2. The van der Waals surface area contributed by atoms with E-state index in [0.717, 1.165) is 19.3 Å². The summed E-state index contributed by atoms with van der Waals surface area (Å²) in [5.41, 5.74) is 4.80. The molecule has 4 atom stereocenters. The van der Waals surface area contributed by atoms with Gasteiger partial charge in [0.05, 0.1) is 6.10 Å². The number of aliphatic hydroxyl groups excluding tert-OH is 2. The first-order valence-corrected chi connectivity index (χ1v) is 8.60. The van der Waals surface area contributed by atoms with Crippen LogP contribution in [-0.4, -0.2) is 22.9 Å². The summed E-state index contributed by atoms with van der Waals surface area (Å²) in [6, 6.07) is 0. The minimum absolute atomic E-state index is 0.0970. The molecule has 3 aliphatic rings. The summed E-state index contributed by atoms with van der Waals surface area (Å²) in [7, 11) is 0. The van der Waals surface area contributed by atoms with Crippen molar-refractivity contribution in [3.63, 3.8) is 0 Å². The maximum absolute atomic E-state index is 9.95. The Balaban J connectivity index is 1.93. The van der Waals surface area contributed by atoms with E-state index in [0.29, 0.717) is 12.5 Å². The van der Waals surface area contributed by atoms with Gasteiger partial charge in [0.25, 0.3) is 0 Å². The van der Waals surface area contributed by atoms with Crippen LogP contribution in [0.3, 0.4) is 0 Å². The summed E-state index contributed by atoms with van der Waals surface area (Å²) < 4.78 is 0. The van der Waals surface area contributed by atoms with Gasteiger partial charge in [-0.2, -0.15) is 0 Å². The molecule has 0 aromatic rings. The zero-order valence-corrected chi connectivity index (χ0v) is 13.8. The fraction of sp³-hybridized carbons (Fsp3) is 0.789. The van der Waals surface area contributed by atoms with Crippen LogP contribution in [-0.2, 0) is 0 Å². The third-order valence-electron chi connectivity index (χ3n) is 6.79. The fourth-order valence-corrected chi connectivity index (χ4v) is 5.51. The number of rotatable bonds is 2. The Bertz CT molecular complexity index is 488. The number of allylic oxidation sites excluding steroid dienone is 3. The zero-order valence-electron chi connectivity index (χ0n) is 13.8. The van der Waals surface area contributed by atoms with Crippen LogP contribution in [0, 0.1) is 16.7 Å². The first kappa shape index (κ1) is 15.3. The molecule has 0 radical (unpaired) electrons. The molecule has 118 valence electrons. The third kappa shape index (κ3) is 2.31. The SMILES string of the molecule is CC(O)C1=CCC2=C(CCC3[C@](C)(CO)CCC[C@]23C)C1. The molecule has 2 unspecified atom stereocenters. The molecule has 2 heteroatoms. The van der Waals surface area contributed by atoms with Crippen LogP contribution < -0.4 is 0 Å². The van der Waals surface area contributed by atoms with Crippen LogP contribution in [0.25, 0.3) is 0 Å². The minimum atomic E-state index is -0.307. The Morgan fingerprint density at radius 2 is 2.10 bits per heavy atom. The maximum atomic E-state index is 9.95. The molecule has 0 aromatic heterocycles. The molecule has 0 heterocycles. The van der Waals surface area contributed by atoms with Crippen molar-refractivity contribution in [2.75, 3.05) is 6.61 Å². The number of hydrogen-bond acceptors (Lipinski definition) is 2. The molecule has 0 saturated heterocycles. The Kier molecular flexibility index (Phi) is 3.82. The van der Waals surface area contributed by atoms with Gasteiger partial charge in [-0.05, 0) is 67.8 Å². The molecule has 2 nitrogen and oxygen atoms in total. The molecule has 0 spiro atoms. The normalized spacial score (nSPS) is 41.2. The predicted octanol–water partition coefficient (Wildman–Crippen LogP) is 3.98. The Morgan fingerprint density at radius 3 is 2.76 bits per heavy atom. The van der Waals surface area contributed by atoms with Gasteiger partial charge < -0.3 is 10.2 Å². The molecule has 1 saturated carbocycles. The molecule has 3 rings (SSSR count). The highest BCUT2D eigenvalue weighted by Crippen LogP contribution is 2.61. The Hall–Kier alpha value is -0.600. The van der Waals surface area contributed by atoms with Crippen molar-refractivity contribution in [2.45, 2.75) is 71.8 Å². The van der Waals surface area contributed by atoms with Gasteiger partial charge in [-0.1, -0.05) is 37.5 Å². The average Bonchev–Trinajstić information content (AvgIpc) is 2.46. The monoisotopic (exact) mass is 290 g/mol. The van der Waals surface area contributed by atoms with E-state index >= 15 is 0 Å². The Morgan fingerprint density at radius 1 is 1.33 bits per heavy atom. The lowest BCUT2D eigenvalue weighted by atomic mass is 9.49. The lowest BCUT2D eigenvalue weighted by molar-refractivity contribution is -0.0388. The summed E-state index contributed by atoms with van der Waals surface area (Å²) in [4.78, 5) is 0. The van der Waals surface area contributed by atoms with Crippen molar-refractivity contribution in [3.05, 3.63) is 22.8 Å². The number of fused-ring (bicyclic) bond motifs is 2. The molecule has 0 amide bonds. The lowest BCUT2D eigenvalue weighted by Crippen LogP contribution is -2.48. The van der Waals surface area contributed by atoms with E-state index in [2.05, 4.69) is 19.9 Å². The highest BCUT2D eigenvalue weighted by atomic mass is 16.3. The summed E-state index contributed by atoms with van der Waals surface area (Å²) in [6.45, 7) is 6.94. The van der Waals surface area contributed by atoms with Crippen LogP contribution in [0.5, 0.6) is 0 Å². The second-order valence-electron chi connectivity index (χ2n) is 8.09. The smallest absolute Gasteiger partial charge is 0.0725 e. The molecule has 2 N–H and O–H groups in total. The molecule has 0 aliphatic heterocycles. The molecule has 3 aliphatic carbocycles. The van der Waals surface area contributed by atoms with E-state index < -0.39 is 0 Å². The van der Waals surface area contributed by atoms with Gasteiger partial charge in [0.15, 0.2) is 0 Å². The van der Waals surface area contributed by atoms with E-state index in [1.54, 1.807) is 11.1 Å². The van der Waals surface area contributed by atoms with Crippen LogP contribution in [0.4, 0.5) is 0 Å². The first-order chi connectivity index (χ1) is 9.90. The highest BCUT2D eigenvalue weighted by Gasteiger charge is 2.52. The molecular weight excluding hydrogens is 260 g/mol. The van der Waals surface area contributed by atoms with E-state index in [1.165, 1.54) is 31.3 Å². The van der Waals surface area contributed by atoms with Crippen molar-refractivity contribution >= 4 is 0 Å². The summed E-state index contributed by atoms with van der Waals surface area (Å²) >= 11 is 0. The first-order valence-electron chi connectivity index (χ1n) is 8.60. The number of hydrogen-bond donors (Lipinski definition) is 2. The van der Waals surface area contributed by atoms with Gasteiger partial charge in [-0.3, -0.25) is 0 Å². The Labute approximate surface area is 128 Å². The third-order valence-corrected chi connectivity index (χ3v) is 6.79. The van der Waals surface area contributed by atoms with Gasteiger partial charge in [0.1, 0.15) is 0 Å². The quantitative estimate of drug-likeness (QED) is 0.755. The van der Waals surface area contributed by atoms with Crippen LogP contribution in [0.15, 0.2) is 22.8 Å². The molecule has 21 heavy (non-hydrogen) atoms. The van der Waals surface area contributed by atoms with Gasteiger partial charge in [0, 0.05) is 6.61 Å². The second kappa shape index (κ2) is 5.24. The molecule has 0 aromatic carbocycles.